The van der Waals surface area contributed by atoms with E-state index in [0.29, 0.717) is 5.56 Å². The molecule has 5 heteroatoms. The minimum absolute atomic E-state index is 0.0523. The van der Waals surface area contributed by atoms with Gasteiger partial charge in [-0.15, -0.1) is 0 Å². The average Bonchev–Trinajstić information content (AvgIpc) is 2.82. The lowest BCUT2D eigenvalue weighted by Gasteiger charge is -2.06. The molecule has 0 aromatic carbocycles. The van der Waals surface area contributed by atoms with Gasteiger partial charge in [-0.3, -0.25) is 9.78 Å². The summed E-state index contributed by atoms with van der Waals surface area (Å²) in [6.45, 7) is 0. The number of nitrogens with zero attached hydrogens (tertiary/aromatic N) is 3. The Kier molecular flexibility index (Phi) is 2.72. The van der Waals surface area contributed by atoms with E-state index < -0.39 is 5.97 Å². The summed E-state index contributed by atoms with van der Waals surface area (Å²) >= 11 is 0. The SMILES string of the molecule is O=C(O)Cc1cnccc1-c1ccc2cccnn12. The summed E-state index contributed by atoms with van der Waals surface area (Å²) in [4.78, 5) is 14.9. The van der Waals surface area contributed by atoms with Crippen molar-refractivity contribution in [1.82, 2.24) is 14.6 Å². The summed E-state index contributed by atoms with van der Waals surface area (Å²) < 4.78 is 1.79. The topological polar surface area (TPSA) is 67.5 Å². The molecular weight excluding hydrogens is 242 g/mol. The van der Waals surface area contributed by atoms with Crippen LogP contribution in [0.2, 0.25) is 0 Å². The van der Waals surface area contributed by atoms with E-state index in [1.807, 2.05) is 30.3 Å². The molecule has 0 saturated heterocycles. The Morgan fingerprint density at radius 3 is 2.95 bits per heavy atom. The molecule has 1 N–H and O–H groups in total. The molecule has 3 heterocycles. The highest BCUT2D eigenvalue weighted by Gasteiger charge is 2.12. The lowest BCUT2D eigenvalue weighted by molar-refractivity contribution is -0.136. The quantitative estimate of drug-likeness (QED) is 0.775. The van der Waals surface area contributed by atoms with E-state index in [9.17, 15) is 4.79 Å². The van der Waals surface area contributed by atoms with Crippen molar-refractivity contribution in [3.05, 3.63) is 54.5 Å². The van der Waals surface area contributed by atoms with Crippen LogP contribution in [0.4, 0.5) is 0 Å². The van der Waals surface area contributed by atoms with E-state index in [4.69, 9.17) is 5.11 Å². The zero-order valence-electron chi connectivity index (χ0n) is 10.0. The Hall–Kier alpha value is -2.69. The smallest absolute Gasteiger partial charge is 0.307 e. The number of aromatic nitrogens is 3. The molecule has 0 aliphatic carbocycles. The highest BCUT2D eigenvalue weighted by molar-refractivity contribution is 5.76. The monoisotopic (exact) mass is 253 g/mol. The summed E-state index contributed by atoms with van der Waals surface area (Å²) in [6, 6.07) is 9.52. The van der Waals surface area contributed by atoms with E-state index in [0.717, 1.165) is 16.8 Å². The molecule has 3 aromatic rings. The number of rotatable bonds is 3. The molecule has 0 bridgehead atoms. The maximum atomic E-state index is 10.9. The molecular formula is C14H11N3O2. The van der Waals surface area contributed by atoms with E-state index in [1.54, 1.807) is 23.1 Å². The van der Waals surface area contributed by atoms with Gasteiger partial charge in [-0.05, 0) is 35.9 Å². The van der Waals surface area contributed by atoms with Gasteiger partial charge in [0.1, 0.15) is 0 Å². The first-order valence-corrected chi connectivity index (χ1v) is 5.83. The summed E-state index contributed by atoms with van der Waals surface area (Å²) in [5.41, 5.74) is 3.36. The first-order chi connectivity index (χ1) is 9.25. The number of pyridine rings is 1. The Morgan fingerprint density at radius 2 is 2.11 bits per heavy atom. The van der Waals surface area contributed by atoms with Gasteiger partial charge in [0.15, 0.2) is 0 Å². The Morgan fingerprint density at radius 1 is 1.21 bits per heavy atom. The Balaban J connectivity index is 2.19. The first-order valence-electron chi connectivity index (χ1n) is 5.83. The number of hydrogen-bond acceptors (Lipinski definition) is 3. The van der Waals surface area contributed by atoms with Gasteiger partial charge >= 0.3 is 5.97 Å². The second-order valence-corrected chi connectivity index (χ2v) is 4.18. The largest absolute Gasteiger partial charge is 0.481 e. The molecule has 0 atom stereocenters. The minimum atomic E-state index is -0.872. The van der Waals surface area contributed by atoms with Crippen molar-refractivity contribution in [2.75, 3.05) is 0 Å². The van der Waals surface area contributed by atoms with Gasteiger partial charge in [-0.1, -0.05) is 0 Å². The normalized spacial score (nSPS) is 10.7. The van der Waals surface area contributed by atoms with Crippen LogP contribution in [0.15, 0.2) is 48.9 Å². The van der Waals surface area contributed by atoms with Gasteiger partial charge in [0, 0.05) is 24.2 Å². The lowest BCUT2D eigenvalue weighted by Crippen LogP contribution is -2.03. The van der Waals surface area contributed by atoms with E-state index >= 15 is 0 Å². The van der Waals surface area contributed by atoms with E-state index in [1.165, 1.54) is 0 Å². The van der Waals surface area contributed by atoms with Crippen molar-refractivity contribution < 1.29 is 9.90 Å². The van der Waals surface area contributed by atoms with Crippen LogP contribution >= 0.6 is 0 Å². The van der Waals surface area contributed by atoms with Crippen molar-refractivity contribution in [1.29, 1.82) is 0 Å². The van der Waals surface area contributed by atoms with Crippen molar-refractivity contribution in [3.8, 4) is 11.3 Å². The summed E-state index contributed by atoms with van der Waals surface area (Å²) in [7, 11) is 0. The number of fused-ring (bicyclic) bond motifs is 1. The summed E-state index contributed by atoms with van der Waals surface area (Å²) in [6.07, 6.45) is 4.90. The molecule has 94 valence electrons. The Labute approximate surface area is 109 Å². The van der Waals surface area contributed by atoms with Gasteiger partial charge in [0.25, 0.3) is 0 Å². The Bertz CT molecular complexity index is 749. The molecule has 5 nitrogen and oxygen atoms in total. The van der Waals surface area contributed by atoms with Crippen molar-refractivity contribution >= 4 is 11.5 Å². The minimum Gasteiger partial charge on any atom is -0.481 e. The fourth-order valence-electron chi connectivity index (χ4n) is 2.13. The van der Waals surface area contributed by atoms with Gasteiger partial charge in [-0.25, -0.2) is 4.52 Å². The van der Waals surface area contributed by atoms with Crippen LogP contribution in [0.1, 0.15) is 5.56 Å². The average molecular weight is 253 g/mol. The molecule has 0 amide bonds. The van der Waals surface area contributed by atoms with Crippen LogP contribution in [0.5, 0.6) is 0 Å². The second kappa shape index (κ2) is 4.53. The van der Waals surface area contributed by atoms with Gasteiger partial charge in [0.2, 0.25) is 0 Å². The maximum Gasteiger partial charge on any atom is 0.307 e. The predicted molar refractivity (Wildman–Crippen MR) is 69.8 cm³/mol. The molecule has 3 aromatic heterocycles. The van der Waals surface area contributed by atoms with Crippen molar-refractivity contribution in [2.24, 2.45) is 0 Å². The van der Waals surface area contributed by atoms with Gasteiger partial charge in [-0.2, -0.15) is 5.10 Å². The molecule has 3 rings (SSSR count). The third-order valence-corrected chi connectivity index (χ3v) is 2.94. The zero-order chi connectivity index (χ0) is 13.2. The lowest BCUT2D eigenvalue weighted by atomic mass is 10.1. The zero-order valence-corrected chi connectivity index (χ0v) is 10.0. The predicted octanol–water partition coefficient (Wildman–Crippen LogP) is 2.02. The highest BCUT2D eigenvalue weighted by Crippen LogP contribution is 2.25. The highest BCUT2D eigenvalue weighted by atomic mass is 16.4. The molecule has 0 spiro atoms. The third kappa shape index (κ3) is 2.06. The maximum absolute atomic E-state index is 10.9. The van der Waals surface area contributed by atoms with Gasteiger partial charge in [0.05, 0.1) is 17.6 Å². The van der Waals surface area contributed by atoms with E-state index in [2.05, 4.69) is 10.1 Å². The first kappa shape index (κ1) is 11.4. The standard InChI is InChI=1S/C14H11N3O2/c18-14(19)8-10-9-15-7-5-12(10)13-4-3-11-2-1-6-16-17(11)13/h1-7,9H,8H2,(H,18,19). The van der Waals surface area contributed by atoms with Crippen molar-refractivity contribution in [3.63, 3.8) is 0 Å². The summed E-state index contributed by atoms with van der Waals surface area (Å²) in [5, 5.41) is 13.2. The third-order valence-electron chi connectivity index (χ3n) is 2.94. The molecule has 0 saturated carbocycles. The molecule has 0 radical (unpaired) electrons. The number of carboxylic acid groups (broad SMARTS) is 1. The number of carbonyl (C=O) groups is 1. The number of carboxylic acids is 1. The van der Waals surface area contributed by atoms with E-state index in [-0.39, 0.29) is 6.42 Å². The number of aliphatic carboxylic acids is 1. The number of hydrogen-bond donors (Lipinski definition) is 1. The molecule has 0 unspecified atom stereocenters. The van der Waals surface area contributed by atoms with Crippen LogP contribution in [-0.4, -0.2) is 25.7 Å². The second-order valence-electron chi connectivity index (χ2n) is 4.18. The van der Waals surface area contributed by atoms with Crippen LogP contribution in [0, 0.1) is 0 Å². The van der Waals surface area contributed by atoms with Crippen molar-refractivity contribution in [2.45, 2.75) is 6.42 Å². The van der Waals surface area contributed by atoms with Crippen LogP contribution < -0.4 is 0 Å². The molecule has 0 aliphatic heterocycles. The summed E-state index contributed by atoms with van der Waals surface area (Å²) in [5.74, 6) is -0.872. The molecule has 0 aliphatic rings. The van der Waals surface area contributed by atoms with Crippen LogP contribution in [-0.2, 0) is 11.2 Å². The fraction of sp³-hybridized carbons (Fsp3) is 0.0714. The van der Waals surface area contributed by atoms with Crippen LogP contribution in [0.3, 0.4) is 0 Å². The molecule has 0 fully saturated rings. The van der Waals surface area contributed by atoms with Gasteiger partial charge < -0.3 is 5.11 Å². The van der Waals surface area contributed by atoms with Crippen LogP contribution in [0.25, 0.3) is 16.8 Å². The fourth-order valence-corrected chi connectivity index (χ4v) is 2.13. The molecule has 19 heavy (non-hydrogen) atoms.